The Bertz CT molecular complexity index is 533. The molecule has 5 heteroatoms. The highest BCUT2D eigenvalue weighted by Gasteiger charge is 2.25. The molecule has 0 radical (unpaired) electrons. The fraction of sp³-hybridized carbons (Fsp3) is 0.632. The van der Waals surface area contributed by atoms with Crippen LogP contribution in [0.4, 0.5) is 4.39 Å². The van der Waals surface area contributed by atoms with E-state index in [0.29, 0.717) is 25.6 Å². The molecule has 0 spiro atoms. The molecule has 1 aromatic carbocycles. The van der Waals surface area contributed by atoms with Crippen LogP contribution in [0.1, 0.15) is 38.9 Å². The SMILES string of the molecule is CC(C)C[C@H](C)N(C)C(=O)CN1CCO[C@H](c2ccc(F)cc2)C1. The van der Waals surface area contributed by atoms with Gasteiger partial charge in [0.25, 0.3) is 0 Å². The maximum absolute atomic E-state index is 13.1. The lowest BCUT2D eigenvalue weighted by Gasteiger charge is -2.34. The van der Waals surface area contributed by atoms with Crippen molar-refractivity contribution in [3.05, 3.63) is 35.6 Å². The molecule has 0 N–H and O–H groups in total. The lowest BCUT2D eigenvalue weighted by atomic mass is 10.0. The normalized spacial score (nSPS) is 20.2. The van der Waals surface area contributed by atoms with Gasteiger partial charge in [-0.1, -0.05) is 26.0 Å². The van der Waals surface area contributed by atoms with Gasteiger partial charge in [0.1, 0.15) is 5.82 Å². The molecule has 1 fully saturated rings. The van der Waals surface area contributed by atoms with Gasteiger partial charge in [-0.15, -0.1) is 0 Å². The zero-order valence-corrected chi connectivity index (χ0v) is 15.2. The molecule has 134 valence electrons. The Kier molecular flexibility index (Phi) is 6.75. The van der Waals surface area contributed by atoms with E-state index < -0.39 is 0 Å². The van der Waals surface area contributed by atoms with Gasteiger partial charge in [-0.05, 0) is 37.0 Å². The second-order valence-corrected chi connectivity index (χ2v) is 7.13. The van der Waals surface area contributed by atoms with Crippen molar-refractivity contribution in [2.45, 2.75) is 39.3 Å². The average Bonchev–Trinajstić information content (AvgIpc) is 2.54. The smallest absolute Gasteiger partial charge is 0.236 e. The zero-order valence-electron chi connectivity index (χ0n) is 15.2. The van der Waals surface area contributed by atoms with E-state index in [1.165, 1.54) is 12.1 Å². The summed E-state index contributed by atoms with van der Waals surface area (Å²) in [7, 11) is 1.88. The van der Waals surface area contributed by atoms with Gasteiger partial charge in [-0.25, -0.2) is 4.39 Å². The number of carbonyl (C=O) groups is 1. The Balaban J connectivity index is 1.90. The quantitative estimate of drug-likeness (QED) is 0.800. The first kappa shape index (κ1) is 18.9. The van der Waals surface area contributed by atoms with Gasteiger partial charge in [0.2, 0.25) is 5.91 Å². The van der Waals surface area contributed by atoms with Crippen LogP contribution >= 0.6 is 0 Å². The van der Waals surface area contributed by atoms with Gasteiger partial charge in [-0.2, -0.15) is 0 Å². The molecular formula is C19H29FN2O2. The molecule has 0 unspecified atom stereocenters. The van der Waals surface area contributed by atoms with Crippen molar-refractivity contribution in [3.8, 4) is 0 Å². The number of morpholine rings is 1. The van der Waals surface area contributed by atoms with Gasteiger partial charge >= 0.3 is 0 Å². The topological polar surface area (TPSA) is 32.8 Å². The summed E-state index contributed by atoms with van der Waals surface area (Å²) >= 11 is 0. The largest absolute Gasteiger partial charge is 0.371 e. The highest BCUT2D eigenvalue weighted by atomic mass is 19.1. The lowest BCUT2D eigenvalue weighted by molar-refractivity contribution is -0.135. The molecule has 1 saturated heterocycles. The molecular weight excluding hydrogens is 307 g/mol. The summed E-state index contributed by atoms with van der Waals surface area (Å²) in [6.45, 7) is 8.83. The molecule has 2 atom stereocenters. The van der Waals surface area contributed by atoms with Crippen LogP contribution in [-0.2, 0) is 9.53 Å². The molecule has 1 heterocycles. The van der Waals surface area contributed by atoms with Gasteiger partial charge in [0, 0.05) is 26.2 Å². The second kappa shape index (κ2) is 8.58. The fourth-order valence-electron chi connectivity index (χ4n) is 3.11. The van der Waals surface area contributed by atoms with E-state index >= 15 is 0 Å². The average molecular weight is 336 g/mol. The summed E-state index contributed by atoms with van der Waals surface area (Å²) in [6, 6.07) is 6.64. The molecule has 1 aromatic rings. The number of halogens is 1. The van der Waals surface area contributed by atoms with E-state index in [4.69, 9.17) is 4.74 Å². The third-order valence-corrected chi connectivity index (χ3v) is 4.62. The van der Waals surface area contributed by atoms with Crippen LogP contribution in [0, 0.1) is 11.7 Å². The van der Waals surface area contributed by atoms with Crippen molar-refractivity contribution in [2.75, 3.05) is 33.3 Å². The highest BCUT2D eigenvalue weighted by molar-refractivity contribution is 5.78. The summed E-state index contributed by atoms with van der Waals surface area (Å²) in [5.74, 6) is 0.465. The van der Waals surface area contributed by atoms with E-state index in [2.05, 4.69) is 25.7 Å². The predicted molar refractivity (Wildman–Crippen MR) is 93.2 cm³/mol. The number of hydrogen-bond donors (Lipinski definition) is 0. The first-order chi connectivity index (χ1) is 11.4. The third-order valence-electron chi connectivity index (χ3n) is 4.62. The molecule has 0 bridgehead atoms. The van der Waals surface area contributed by atoms with E-state index in [0.717, 1.165) is 18.5 Å². The summed E-state index contributed by atoms with van der Waals surface area (Å²) in [6.07, 6.45) is 0.898. The first-order valence-electron chi connectivity index (χ1n) is 8.72. The maximum atomic E-state index is 13.1. The van der Waals surface area contributed by atoms with Gasteiger partial charge in [-0.3, -0.25) is 9.69 Å². The minimum absolute atomic E-state index is 0.106. The van der Waals surface area contributed by atoms with Crippen LogP contribution in [-0.4, -0.2) is 55.0 Å². The first-order valence-corrected chi connectivity index (χ1v) is 8.72. The van der Waals surface area contributed by atoms with Crippen molar-refractivity contribution in [1.82, 2.24) is 9.80 Å². The summed E-state index contributed by atoms with van der Waals surface area (Å²) in [5.41, 5.74) is 0.954. The molecule has 0 saturated carbocycles. The summed E-state index contributed by atoms with van der Waals surface area (Å²) < 4.78 is 18.8. The zero-order chi connectivity index (χ0) is 17.7. The number of likely N-dealkylation sites (N-methyl/N-ethyl adjacent to an activating group) is 1. The monoisotopic (exact) mass is 336 g/mol. The Labute approximate surface area is 144 Å². The Morgan fingerprint density at radius 1 is 1.33 bits per heavy atom. The number of carbonyl (C=O) groups excluding carboxylic acids is 1. The summed E-state index contributed by atoms with van der Waals surface area (Å²) in [5, 5.41) is 0. The number of benzene rings is 1. The second-order valence-electron chi connectivity index (χ2n) is 7.13. The van der Waals surface area contributed by atoms with Crippen LogP contribution in [0.2, 0.25) is 0 Å². The Hall–Kier alpha value is -1.46. The van der Waals surface area contributed by atoms with Crippen LogP contribution in [0.15, 0.2) is 24.3 Å². The fourth-order valence-corrected chi connectivity index (χ4v) is 3.11. The van der Waals surface area contributed by atoms with Gasteiger partial charge < -0.3 is 9.64 Å². The molecule has 4 nitrogen and oxygen atoms in total. The van der Waals surface area contributed by atoms with Crippen molar-refractivity contribution >= 4 is 5.91 Å². The van der Waals surface area contributed by atoms with E-state index in [1.54, 1.807) is 12.1 Å². The molecule has 1 aliphatic heterocycles. The van der Waals surface area contributed by atoms with E-state index in [-0.39, 0.29) is 23.9 Å². The molecule has 0 aromatic heterocycles. The molecule has 1 aliphatic rings. The number of hydrogen-bond acceptors (Lipinski definition) is 3. The molecule has 24 heavy (non-hydrogen) atoms. The maximum Gasteiger partial charge on any atom is 0.236 e. The summed E-state index contributed by atoms with van der Waals surface area (Å²) in [4.78, 5) is 16.5. The molecule has 2 rings (SSSR count). The van der Waals surface area contributed by atoms with Crippen molar-refractivity contribution < 1.29 is 13.9 Å². The van der Waals surface area contributed by atoms with E-state index in [1.807, 2.05) is 11.9 Å². The number of ether oxygens (including phenoxy) is 1. The Morgan fingerprint density at radius 2 is 2.00 bits per heavy atom. The van der Waals surface area contributed by atoms with Gasteiger partial charge in [0.05, 0.1) is 19.3 Å². The molecule has 0 aliphatic carbocycles. The van der Waals surface area contributed by atoms with Gasteiger partial charge in [0.15, 0.2) is 0 Å². The van der Waals surface area contributed by atoms with Crippen LogP contribution < -0.4 is 0 Å². The van der Waals surface area contributed by atoms with E-state index in [9.17, 15) is 9.18 Å². The minimum atomic E-state index is -0.248. The number of rotatable bonds is 6. The standard InChI is InChI=1S/C19H29FN2O2/c1-14(2)11-15(3)21(4)19(23)13-22-9-10-24-18(12-22)16-5-7-17(20)8-6-16/h5-8,14-15,18H,9-13H2,1-4H3/t15-,18-/m0/s1. The lowest BCUT2D eigenvalue weighted by Crippen LogP contribution is -2.46. The minimum Gasteiger partial charge on any atom is -0.371 e. The number of amides is 1. The van der Waals surface area contributed by atoms with Crippen molar-refractivity contribution in [1.29, 1.82) is 0 Å². The van der Waals surface area contributed by atoms with Crippen molar-refractivity contribution in [3.63, 3.8) is 0 Å². The number of nitrogens with zero attached hydrogens (tertiary/aromatic N) is 2. The van der Waals surface area contributed by atoms with Crippen LogP contribution in [0.25, 0.3) is 0 Å². The van der Waals surface area contributed by atoms with Crippen LogP contribution in [0.3, 0.4) is 0 Å². The third kappa shape index (κ3) is 5.28. The highest BCUT2D eigenvalue weighted by Crippen LogP contribution is 2.22. The molecule has 1 amide bonds. The Morgan fingerprint density at radius 3 is 2.62 bits per heavy atom. The van der Waals surface area contributed by atoms with Crippen molar-refractivity contribution in [2.24, 2.45) is 5.92 Å². The predicted octanol–water partition coefficient (Wildman–Crippen LogP) is 3.09. The van der Waals surface area contributed by atoms with Crippen LogP contribution in [0.5, 0.6) is 0 Å².